The van der Waals surface area contributed by atoms with Gasteiger partial charge in [-0.15, -0.1) is 11.3 Å². The van der Waals surface area contributed by atoms with Crippen LogP contribution in [0, 0.1) is 11.3 Å². The molecule has 1 aromatic rings. The van der Waals surface area contributed by atoms with E-state index in [1.54, 1.807) is 6.92 Å². The van der Waals surface area contributed by atoms with Gasteiger partial charge in [0, 0.05) is 5.56 Å². The Morgan fingerprint density at radius 3 is 2.62 bits per heavy atom. The molecule has 1 aliphatic carbocycles. The lowest BCUT2D eigenvalue weighted by Crippen LogP contribution is -2.04. The minimum atomic E-state index is -3.26. The summed E-state index contributed by atoms with van der Waals surface area (Å²) in [6, 6.07) is 2.02. The summed E-state index contributed by atoms with van der Waals surface area (Å²) in [6.45, 7) is 1.61. The monoisotopic (exact) mass is 256 g/mol. The summed E-state index contributed by atoms with van der Waals surface area (Å²) >= 11 is 1.03. The van der Waals surface area contributed by atoms with Crippen LogP contribution >= 0.6 is 11.3 Å². The molecule has 1 aromatic heterocycles. The Hall–Kier alpha value is -1.06. The van der Waals surface area contributed by atoms with Crippen molar-refractivity contribution in [1.82, 2.24) is 0 Å². The number of nitrogens with zero attached hydrogens (tertiary/aromatic N) is 1. The van der Waals surface area contributed by atoms with Crippen molar-refractivity contribution >= 4 is 26.2 Å². The van der Waals surface area contributed by atoms with Crippen molar-refractivity contribution in [3.8, 4) is 6.07 Å². The summed E-state index contributed by atoms with van der Waals surface area (Å²) in [7, 11) is -3.26. The highest BCUT2D eigenvalue weighted by Crippen LogP contribution is 2.49. The van der Waals surface area contributed by atoms with Crippen LogP contribution < -0.4 is 5.73 Å². The van der Waals surface area contributed by atoms with Gasteiger partial charge in [0.25, 0.3) is 0 Å². The van der Waals surface area contributed by atoms with E-state index in [4.69, 9.17) is 11.0 Å². The largest absolute Gasteiger partial charge is 0.389 e. The first kappa shape index (κ1) is 11.4. The molecule has 2 rings (SSSR count). The Bertz CT molecular complexity index is 562. The van der Waals surface area contributed by atoms with Gasteiger partial charge in [0.1, 0.15) is 15.3 Å². The predicted octanol–water partition coefficient (Wildman–Crippen LogP) is 1.87. The molecule has 0 aromatic carbocycles. The molecule has 0 aliphatic heterocycles. The van der Waals surface area contributed by atoms with Crippen LogP contribution in [-0.2, 0) is 9.84 Å². The molecule has 0 bridgehead atoms. The predicted molar refractivity (Wildman–Crippen MR) is 63.1 cm³/mol. The Labute approximate surface area is 98.6 Å². The fourth-order valence-corrected chi connectivity index (χ4v) is 4.49. The SMILES string of the molecule is CCS(=O)(=O)c1sc(N)c(C#N)c1C1CC1. The summed E-state index contributed by atoms with van der Waals surface area (Å²) in [6.07, 6.45) is 1.91. The van der Waals surface area contributed by atoms with Gasteiger partial charge in [-0.2, -0.15) is 5.26 Å². The number of thiophene rings is 1. The Morgan fingerprint density at radius 1 is 1.56 bits per heavy atom. The smallest absolute Gasteiger partial charge is 0.187 e. The van der Waals surface area contributed by atoms with Gasteiger partial charge >= 0.3 is 0 Å². The van der Waals surface area contributed by atoms with E-state index < -0.39 is 9.84 Å². The average Bonchev–Trinajstić information content (AvgIpc) is 3.02. The highest BCUT2D eigenvalue weighted by Gasteiger charge is 2.35. The van der Waals surface area contributed by atoms with Crippen LogP contribution in [0.25, 0.3) is 0 Å². The summed E-state index contributed by atoms with van der Waals surface area (Å²) in [4.78, 5) is 0. The Morgan fingerprint density at radius 2 is 2.19 bits per heavy atom. The first-order valence-corrected chi connectivity index (χ1v) is 7.53. The minimum Gasteiger partial charge on any atom is -0.389 e. The second-order valence-corrected chi connectivity index (χ2v) is 7.36. The van der Waals surface area contributed by atoms with Gasteiger partial charge in [0.15, 0.2) is 9.84 Å². The number of nitriles is 1. The molecule has 1 aliphatic rings. The average molecular weight is 256 g/mol. The van der Waals surface area contributed by atoms with Gasteiger partial charge in [0.05, 0.1) is 11.3 Å². The summed E-state index contributed by atoms with van der Waals surface area (Å²) in [5.41, 5.74) is 6.75. The molecule has 0 saturated heterocycles. The zero-order chi connectivity index (χ0) is 11.9. The maximum Gasteiger partial charge on any atom is 0.187 e. The number of rotatable bonds is 3. The van der Waals surface area contributed by atoms with Crippen molar-refractivity contribution in [2.45, 2.75) is 29.9 Å². The summed E-state index contributed by atoms with van der Waals surface area (Å²) < 4.78 is 24.1. The minimum absolute atomic E-state index is 0.0531. The zero-order valence-corrected chi connectivity index (χ0v) is 10.5. The van der Waals surface area contributed by atoms with Crippen LogP contribution in [-0.4, -0.2) is 14.2 Å². The third-order valence-corrected chi connectivity index (χ3v) is 6.08. The van der Waals surface area contributed by atoms with E-state index in [1.807, 2.05) is 6.07 Å². The van der Waals surface area contributed by atoms with Crippen molar-refractivity contribution in [2.75, 3.05) is 11.5 Å². The molecule has 0 spiro atoms. The number of nitrogen functional groups attached to an aromatic ring is 1. The Balaban J connectivity index is 2.67. The van der Waals surface area contributed by atoms with Crippen LogP contribution in [0.15, 0.2) is 4.21 Å². The highest BCUT2D eigenvalue weighted by molar-refractivity contribution is 7.93. The molecule has 16 heavy (non-hydrogen) atoms. The molecule has 0 amide bonds. The van der Waals surface area contributed by atoms with Crippen molar-refractivity contribution in [1.29, 1.82) is 5.26 Å². The third-order valence-electron chi connectivity index (χ3n) is 2.70. The molecule has 1 saturated carbocycles. The van der Waals surface area contributed by atoms with E-state index in [-0.39, 0.29) is 11.7 Å². The van der Waals surface area contributed by atoms with E-state index in [0.29, 0.717) is 20.3 Å². The van der Waals surface area contributed by atoms with Crippen LogP contribution in [0.3, 0.4) is 0 Å². The topological polar surface area (TPSA) is 83.9 Å². The van der Waals surface area contributed by atoms with Gasteiger partial charge in [-0.05, 0) is 18.8 Å². The van der Waals surface area contributed by atoms with E-state index in [2.05, 4.69) is 0 Å². The quantitative estimate of drug-likeness (QED) is 0.894. The molecule has 2 N–H and O–H groups in total. The zero-order valence-electron chi connectivity index (χ0n) is 8.86. The van der Waals surface area contributed by atoms with Crippen molar-refractivity contribution < 1.29 is 8.42 Å². The van der Waals surface area contributed by atoms with Gasteiger partial charge in [-0.3, -0.25) is 0 Å². The van der Waals surface area contributed by atoms with Gasteiger partial charge in [0.2, 0.25) is 0 Å². The Kier molecular flexibility index (Phi) is 2.68. The summed E-state index contributed by atoms with van der Waals surface area (Å²) in [5, 5.41) is 9.34. The van der Waals surface area contributed by atoms with E-state index >= 15 is 0 Å². The molecule has 4 nitrogen and oxygen atoms in total. The highest BCUT2D eigenvalue weighted by atomic mass is 32.2. The molecule has 6 heteroatoms. The maximum atomic E-state index is 11.9. The number of sulfone groups is 1. The molecule has 0 radical (unpaired) electrons. The second-order valence-electron chi connectivity index (χ2n) is 3.83. The standard InChI is InChI=1S/C10H12N2O2S2/c1-2-16(13,14)10-8(6-3-4-6)7(5-11)9(12)15-10/h6H,2-4,12H2,1H3. The molecular formula is C10H12N2O2S2. The summed E-state index contributed by atoms with van der Waals surface area (Å²) in [5.74, 6) is 0.275. The maximum absolute atomic E-state index is 11.9. The fourth-order valence-electron chi connectivity index (χ4n) is 1.66. The molecule has 86 valence electrons. The molecule has 1 heterocycles. The van der Waals surface area contributed by atoms with E-state index in [1.165, 1.54) is 0 Å². The molecule has 1 fully saturated rings. The number of nitrogens with two attached hydrogens (primary N) is 1. The van der Waals surface area contributed by atoms with Gasteiger partial charge in [-0.25, -0.2) is 8.42 Å². The van der Waals surface area contributed by atoms with Crippen LogP contribution in [0.4, 0.5) is 5.00 Å². The normalized spacial score (nSPS) is 16.0. The first-order valence-electron chi connectivity index (χ1n) is 5.06. The van der Waals surface area contributed by atoms with Crippen LogP contribution in [0.1, 0.15) is 36.8 Å². The van der Waals surface area contributed by atoms with Crippen molar-refractivity contribution in [3.63, 3.8) is 0 Å². The number of hydrogen-bond donors (Lipinski definition) is 1. The number of anilines is 1. The molecular weight excluding hydrogens is 244 g/mol. The first-order chi connectivity index (χ1) is 7.51. The van der Waals surface area contributed by atoms with E-state index in [9.17, 15) is 8.42 Å². The lowest BCUT2D eigenvalue weighted by molar-refractivity contribution is 0.598. The van der Waals surface area contributed by atoms with Crippen molar-refractivity contribution in [2.24, 2.45) is 0 Å². The van der Waals surface area contributed by atoms with Gasteiger partial charge in [-0.1, -0.05) is 6.92 Å². The fraction of sp³-hybridized carbons (Fsp3) is 0.500. The van der Waals surface area contributed by atoms with E-state index in [0.717, 1.165) is 24.2 Å². The van der Waals surface area contributed by atoms with Crippen LogP contribution in [0.2, 0.25) is 0 Å². The lowest BCUT2D eigenvalue weighted by atomic mass is 10.1. The number of hydrogen-bond acceptors (Lipinski definition) is 5. The van der Waals surface area contributed by atoms with Gasteiger partial charge < -0.3 is 5.73 Å². The lowest BCUT2D eigenvalue weighted by Gasteiger charge is -2.01. The second kappa shape index (κ2) is 3.75. The molecule has 0 atom stereocenters. The molecule has 0 unspecified atom stereocenters. The van der Waals surface area contributed by atoms with Crippen LogP contribution in [0.5, 0.6) is 0 Å². The third kappa shape index (κ3) is 1.70. The van der Waals surface area contributed by atoms with Crippen molar-refractivity contribution in [3.05, 3.63) is 11.1 Å².